The van der Waals surface area contributed by atoms with Crippen molar-refractivity contribution in [2.75, 3.05) is 7.11 Å². The highest BCUT2D eigenvalue weighted by Gasteiger charge is 2.13. The fourth-order valence-electron chi connectivity index (χ4n) is 1.81. The number of aryl methyl sites for hydroxylation is 2. The van der Waals surface area contributed by atoms with Gasteiger partial charge in [-0.05, 0) is 19.4 Å². The van der Waals surface area contributed by atoms with Crippen LogP contribution >= 0.6 is 0 Å². The Labute approximate surface area is 99.7 Å². The van der Waals surface area contributed by atoms with Crippen molar-refractivity contribution in [3.05, 3.63) is 52.1 Å². The van der Waals surface area contributed by atoms with Crippen LogP contribution in [0.25, 0.3) is 11.1 Å². The highest BCUT2D eigenvalue weighted by molar-refractivity contribution is 5.69. The summed E-state index contributed by atoms with van der Waals surface area (Å²) in [5.74, 6) is 1.09. The highest BCUT2D eigenvalue weighted by Crippen LogP contribution is 2.27. The molecule has 0 saturated carbocycles. The number of ether oxygens (including phenoxy) is 1. The van der Waals surface area contributed by atoms with Gasteiger partial charge in [0.2, 0.25) is 0 Å². The van der Waals surface area contributed by atoms with E-state index in [-0.39, 0.29) is 5.63 Å². The lowest BCUT2D eigenvalue weighted by Crippen LogP contribution is -2.06. The molecule has 2 rings (SSSR count). The van der Waals surface area contributed by atoms with Crippen LogP contribution in [-0.2, 0) is 0 Å². The maximum absolute atomic E-state index is 11.9. The topological polar surface area (TPSA) is 39.4 Å². The van der Waals surface area contributed by atoms with Crippen molar-refractivity contribution in [1.82, 2.24) is 0 Å². The molecule has 0 amide bonds. The first-order valence-corrected chi connectivity index (χ1v) is 5.37. The van der Waals surface area contributed by atoms with Crippen molar-refractivity contribution in [2.24, 2.45) is 0 Å². The molecule has 0 fully saturated rings. The average Bonchev–Trinajstić information content (AvgIpc) is 2.27. The van der Waals surface area contributed by atoms with E-state index in [1.54, 1.807) is 20.1 Å². The first-order valence-electron chi connectivity index (χ1n) is 5.37. The van der Waals surface area contributed by atoms with E-state index in [4.69, 9.17) is 9.15 Å². The van der Waals surface area contributed by atoms with Crippen LogP contribution in [0.4, 0.5) is 0 Å². The zero-order valence-electron chi connectivity index (χ0n) is 10.1. The van der Waals surface area contributed by atoms with Gasteiger partial charge in [-0.25, -0.2) is 4.79 Å². The first-order chi connectivity index (χ1) is 8.11. The fraction of sp³-hybridized carbons (Fsp3) is 0.214. The van der Waals surface area contributed by atoms with Crippen molar-refractivity contribution >= 4 is 0 Å². The van der Waals surface area contributed by atoms with Gasteiger partial charge in [0.15, 0.2) is 0 Å². The molecule has 1 aromatic carbocycles. The smallest absolute Gasteiger partial charge is 0.347 e. The molecule has 1 aromatic heterocycles. The second-order valence-electron chi connectivity index (χ2n) is 3.96. The normalized spacial score (nSPS) is 10.3. The first kappa shape index (κ1) is 11.5. The lowest BCUT2D eigenvalue weighted by atomic mass is 10.0. The van der Waals surface area contributed by atoms with Crippen molar-refractivity contribution in [3.8, 4) is 16.9 Å². The van der Waals surface area contributed by atoms with E-state index in [0.717, 1.165) is 11.1 Å². The Morgan fingerprint density at radius 1 is 1.18 bits per heavy atom. The molecule has 3 nitrogen and oxygen atoms in total. The van der Waals surface area contributed by atoms with E-state index < -0.39 is 0 Å². The summed E-state index contributed by atoms with van der Waals surface area (Å²) in [5.41, 5.74) is 2.01. The third-order valence-corrected chi connectivity index (χ3v) is 2.57. The van der Waals surface area contributed by atoms with Crippen molar-refractivity contribution in [3.63, 3.8) is 0 Å². The Bertz CT molecular complexity index is 597. The maximum Gasteiger partial charge on any atom is 0.347 e. The molecular weight excluding hydrogens is 216 g/mol. The van der Waals surface area contributed by atoms with Crippen LogP contribution in [0.5, 0.6) is 5.75 Å². The van der Waals surface area contributed by atoms with Gasteiger partial charge in [-0.3, -0.25) is 0 Å². The molecule has 0 radical (unpaired) electrons. The minimum Gasteiger partial charge on any atom is -0.496 e. The van der Waals surface area contributed by atoms with Crippen molar-refractivity contribution < 1.29 is 9.15 Å². The third-order valence-electron chi connectivity index (χ3n) is 2.57. The molecule has 2 aromatic rings. The lowest BCUT2D eigenvalue weighted by molar-refractivity contribution is 0.399. The second-order valence-corrected chi connectivity index (χ2v) is 3.96. The van der Waals surface area contributed by atoms with Crippen molar-refractivity contribution in [1.29, 1.82) is 0 Å². The second kappa shape index (κ2) is 4.45. The van der Waals surface area contributed by atoms with Crippen LogP contribution in [0.2, 0.25) is 0 Å². The van der Waals surface area contributed by atoms with E-state index >= 15 is 0 Å². The maximum atomic E-state index is 11.9. The van der Waals surface area contributed by atoms with Crippen molar-refractivity contribution in [2.45, 2.75) is 13.8 Å². The summed E-state index contributed by atoms with van der Waals surface area (Å²) in [6, 6.07) is 9.41. The molecule has 0 bridgehead atoms. The SMILES string of the molecule is COc1cc(C)oc(=O)c1-c1cccc(C)c1. The molecule has 0 aliphatic heterocycles. The van der Waals surface area contributed by atoms with Crippen LogP contribution in [0.15, 0.2) is 39.5 Å². The van der Waals surface area contributed by atoms with Crippen LogP contribution in [-0.4, -0.2) is 7.11 Å². The summed E-state index contributed by atoms with van der Waals surface area (Å²) in [6.45, 7) is 3.70. The largest absolute Gasteiger partial charge is 0.496 e. The molecule has 0 aliphatic rings. The Kier molecular flexibility index (Phi) is 3.00. The quantitative estimate of drug-likeness (QED) is 0.796. The summed E-state index contributed by atoms with van der Waals surface area (Å²) < 4.78 is 10.4. The number of hydrogen-bond acceptors (Lipinski definition) is 3. The van der Waals surface area contributed by atoms with Gasteiger partial charge >= 0.3 is 5.63 Å². The lowest BCUT2D eigenvalue weighted by Gasteiger charge is -2.08. The van der Waals surface area contributed by atoms with Gasteiger partial charge in [0.05, 0.1) is 7.11 Å². The van der Waals surface area contributed by atoms with Crippen LogP contribution < -0.4 is 10.4 Å². The van der Waals surface area contributed by atoms with Crippen LogP contribution in [0.3, 0.4) is 0 Å². The minimum absolute atomic E-state index is 0.368. The number of hydrogen-bond donors (Lipinski definition) is 0. The van der Waals surface area contributed by atoms with E-state index in [9.17, 15) is 4.79 Å². The van der Waals surface area contributed by atoms with E-state index in [1.807, 2.05) is 31.2 Å². The zero-order chi connectivity index (χ0) is 12.4. The average molecular weight is 230 g/mol. The summed E-state index contributed by atoms with van der Waals surface area (Å²) in [5, 5.41) is 0. The van der Waals surface area contributed by atoms with E-state index in [0.29, 0.717) is 17.1 Å². The third kappa shape index (κ3) is 2.23. The summed E-state index contributed by atoms with van der Waals surface area (Å²) in [7, 11) is 1.55. The minimum atomic E-state index is -0.368. The van der Waals surface area contributed by atoms with Gasteiger partial charge in [-0.1, -0.05) is 29.8 Å². The number of benzene rings is 1. The molecule has 0 unspecified atom stereocenters. The van der Waals surface area contributed by atoms with E-state index in [2.05, 4.69) is 0 Å². The highest BCUT2D eigenvalue weighted by atomic mass is 16.5. The predicted molar refractivity (Wildman–Crippen MR) is 66.4 cm³/mol. The summed E-state index contributed by atoms with van der Waals surface area (Å²) in [6.07, 6.45) is 0. The van der Waals surface area contributed by atoms with Crippen LogP contribution in [0, 0.1) is 13.8 Å². The molecule has 3 heteroatoms. The Hall–Kier alpha value is -2.03. The zero-order valence-corrected chi connectivity index (χ0v) is 10.1. The molecule has 0 aliphatic carbocycles. The summed E-state index contributed by atoms with van der Waals surface area (Å²) in [4.78, 5) is 11.9. The fourth-order valence-corrected chi connectivity index (χ4v) is 1.81. The van der Waals surface area contributed by atoms with E-state index in [1.165, 1.54) is 0 Å². The number of methoxy groups -OCH3 is 1. The Balaban J connectivity index is 2.70. The van der Waals surface area contributed by atoms with Gasteiger partial charge in [-0.15, -0.1) is 0 Å². The molecule has 88 valence electrons. The molecule has 0 saturated heterocycles. The standard InChI is InChI=1S/C14H14O3/c1-9-5-4-6-11(7-9)13-12(16-3)8-10(2)17-14(13)15/h4-8H,1-3H3. The van der Waals surface area contributed by atoms with Crippen LogP contribution in [0.1, 0.15) is 11.3 Å². The Morgan fingerprint density at radius 2 is 1.94 bits per heavy atom. The molecule has 1 heterocycles. The monoisotopic (exact) mass is 230 g/mol. The van der Waals surface area contributed by atoms with Gasteiger partial charge < -0.3 is 9.15 Å². The van der Waals surface area contributed by atoms with Gasteiger partial charge in [0.1, 0.15) is 17.1 Å². The molecular formula is C14H14O3. The van der Waals surface area contributed by atoms with Gasteiger partial charge in [-0.2, -0.15) is 0 Å². The van der Waals surface area contributed by atoms with Gasteiger partial charge in [0.25, 0.3) is 0 Å². The number of rotatable bonds is 2. The molecule has 0 N–H and O–H groups in total. The Morgan fingerprint density at radius 3 is 2.59 bits per heavy atom. The summed E-state index contributed by atoms with van der Waals surface area (Å²) >= 11 is 0. The molecule has 17 heavy (non-hydrogen) atoms. The molecule has 0 spiro atoms. The molecule has 0 atom stereocenters. The van der Waals surface area contributed by atoms with Gasteiger partial charge in [0, 0.05) is 6.07 Å². The predicted octanol–water partition coefficient (Wildman–Crippen LogP) is 2.93.